The molecule has 0 aliphatic carbocycles. The van der Waals surface area contributed by atoms with E-state index in [1.54, 1.807) is 0 Å². The number of Topliss-reactive ketones (excluding diaryl/α,β-unsaturated/α-hetero) is 1. The first-order valence-electron chi connectivity index (χ1n) is 6.35. The summed E-state index contributed by atoms with van der Waals surface area (Å²) in [4.78, 5) is 14.0. The van der Waals surface area contributed by atoms with Gasteiger partial charge in [-0.05, 0) is 30.2 Å². The van der Waals surface area contributed by atoms with E-state index in [-0.39, 0.29) is 5.78 Å². The van der Waals surface area contributed by atoms with Gasteiger partial charge in [-0.25, -0.2) is 0 Å². The summed E-state index contributed by atoms with van der Waals surface area (Å²) in [6, 6.07) is 7.85. The molecule has 1 atom stereocenters. The summed E-state index contributed by atoms with van der Waals surface area (Å²) in [5.74, 6) is 0.747. The Labute approximate surface area is 105 Å². The molecule has 2 heteroatoms. The van der Waals surface area contributed by atoms with Crippen molar-refractivity contribution in [1.29, 1.82) is 0 Å². The molecule has 2 nitrogen and oxygen atoms in total. The molecule has 0 aromatic heterocycles. The van der Waals surface area contributed by atoms with Crippen LogP contribution in [0.1, 0.15) is 43.5 Å². The van der Waals surface area contributed by atoms with Crippen LogP contribution in [-0.4, -0.2) is 19.9 Å². The number of benzene rings is 1. The van der Waals surface area contributed by atoms with Gasteiger partial charge in [-0.15, -0.1) is 0 Å². The molecule has 0 spiro atoms. The third kappa shape index (κ3) is 4.22. The van der Waals surface area contributed by atoms with Gasteiger partial charge in [-0.3, -0.25) is 4.79 Å². The van der Waals surface area contributed by atoms with Crippen molar-refractivity contribution in [3.8, 4) is 0 Å². The summed E-state index contributed by atoms with van der Waals surface area (Å²) >= 11 is 0. The monoisotopic (exact) mass is 233 g/mol. The van der Waals surface area contributed by atoms with Crippen LogP contribution in [0.4, 0.5) is 5.69 Å². The Morgan fingerprint density at radius 2 is 1.82 bits per heavy atom. The Hall–Kier alpha value is -1.31. The summed E-state index contributed by atoms with van der Waals surface area (Å²) in [6.45, 7) is 4.31. The van der Waals surface area contributed by atoms with Crippen LogP contribution in [0.2, 0.25) is 0 Å². The zero-order chi connectivity index (χ0) is 12.8. The van der Waals surface area contributed by atoms with Crippen LogP contribution in [0, 0.1) is 5.92 Å². The first-order chi connectivity index (χ1) is 8.04. The molecular formula is C15H23NO. The van der Waals surface area contributed by atoms with Gasteiger partial charge in [-0.2, -0.15) is 0 Å². The lowest BCUT2D eigenvalue weighted by Gasteiger charge is -2.13. The minimum Gasteiger partial charge on any atom is -0.378 e. The molecule has 1 rings (SSSR count). The largest absolute Gasteiger partial charge is 0.378 e. The first-order valence-corrected chi connectivity index (χ1v) is 6.35. The Morgan fingerprint density at radius 3 is 2.29 bits per heavy atom. The predicted molar refractivity (Wildman–Crippen MR) is 73.8 cm³/mol. The van der Waals surface area contributed by atoms with Crippen molar-refractivity contribution in [3.63, 3.8) is 0 Å². The Morgan fingerprint density at radius 1 is 1.24 bits per heavy atom. The maximum Gasteiger partial charge on any atom is 0.163 e. The van der Waals surface area contributed by atoms with Gasteiger partial charge in [0.1, 0.15) is 0 Å². The SMILES string of the molecule is CCCC(C)CC(=O)c1ccc(N(C)C)cc1. The highest BCUT2D eigenvalue weighted by molar-refractivity contribution is 5.96. The van der Waals surface area contributed by atoms with E-state index in [4.69, 9.17) is 0 Å². The molecule has 0 aliphatic heterocycles. The lowest BCUT2D eigenvalue weighted by Crippen LogP contribution is -2.09. The molecule has 0 heterocycles. The van der Waals surface area contributed by atoms with Crippen LogP contribution in [-0.2, 0) is 0 Å². The van der Waals surface area contributed by atoms with Crippen molar-refractivity contribution in [2.24, 2.45) is 5.92 Å². The van der Waals surface area contributed by atoms with E-state index in [0.29, 0.717) is 12.3 Å². The molecule has 0 bridgehead atoms. The fraction of sp³-hybridized carbons (Fsp3) is 0.533. The van der Waals surface area contributed by atoms with Crippen molar-refractivity contribution >= 4 is 11.5 Å². The lowest BCUT2D eigenvalue weighted by molar-refractivity contribution is 0.0962. The number of anilines is 1. The topological polar surface area (TPSA) is 20.3 Å². The molecule has 0 fully saturated rings. The van der Waals surface area contributed by atoms with Gasteiger partial charge >= 0.3 is 0 Å². The molecule has 94 valence electrons. The number of hydrogen-bond acceptors (Lipinski definition) is 2. The summed E-state index contributed by atoms with van der Waals surface area (Å²) in [5, 5.41) is 0. The quantitative estimate of drug-likeness (QED) is 0.697. The zero-order valence-electron chi connectivity index (χ0n) is 11.4. The molecule has 1 aromatic carbocycles. The van der Waals surface area contributed by atoms with Crippen LogP contribution in [0.15, 0.2) is 24.3 Å². The number of hydrogen-bond donors (Lipinski definition) is 0. The fourth-order valence-electron chi connectivity index (χ4n) is 1.97. The average Bonchev–Trinajstić information content (AvgIpc) is 2.29. The number of ketones is 1. The van der Waals surface area contributed by atoms with E-state index < -0.39 is 0 Å². The lowest BCUT2D eigenvalue weighted by atomic mass is 9.96. The van der Waals surface area contributed by atoms with Gasteiger partial charge in [-0.1, -0.05) is 26.7 Å². The van der Waals surface area contributed by atoms with E-state index in [1.807, 2.05) is 43.3 Å². The second kappa shape index (κ2) is 6.43. The maximum absolute atomic E-state index is 12.0. The highest BCUT2D eigenvalue weighted by Gasteiger charge is 2.10. The highest BCUT2D eigenvalue weighted by atomic mass is 16.1. The Kier molecular flexibility index (Phi) is 5.20. The summed E-state index contributed by atoms with van der Waals surface area (Å²) in [7, 11) is 4.00. The molecule has 0 radical (unpaired) electrons. The molecular weight excluding hydrogens is 210 g/mol. The van der Waals surface area contributed by atoms with E-state index in [2.05, 4.69) is 13.8 Å². The summed E-state index contributed by atoms with van der Waals surface area (Å²) in [6.07, 6.45) is 2.94. The van der Waals surface area contributed by atoms with Crippen LogP contribution in [0.5, 0.6) is 0 Å². The standard InChI is InChI=1S/C15H23NO/c1-5-6-12(2)11-15(17)13-7-9-14(10-8-13)16(3)4/h7-10,12H,5-6,11H2,1-4H3. The zero-order valence-corrected chi connectivity index (χ0v) is 11.4. The van der Waals surface area contributed by atoms with Crippen LogP contribution >= 0.6 is 0 Å². The molecule has 0 saturated heterocycles. The van der Waals surface area contributed by atoms with Gasteiger partial charge < -0.3 is 4.90 Å². The predicted octanol–water partition coefficient (Wildman–Crippen LogP) is 3.76. The molecule has 0 aliphatic rings. The molecule has 0 saturated carbocycles. The number of nitrogens with zero attached hydrogens (tertiary/aromatic N) is 1. The average molecular weight is 233 g/mol. The van der Waals surface area contributed by atoms with Crippen molar-refractivity contribution in [1.82, 2.24) is 0 Å². The maximum atomic E-state index is 12.0. The van der Waals surface area contributed by atoms with Crippen molar-refractivity contribution < 1.29 is 4.79 Å². The molecule has 0 amide bonds. The van der Waals surface area contributed by atoms with Gasteiger partial charge in [0, 0.05) is 31.8 Å². The summed E-state index contributed by atoms with van der Waals surface area (Å²) in [5.41, 5.74) is 1.96. The third-order valence-corrected chi connectivity index (χ3v) is 3.02. The highest BCUT2D eigenvalue weighted by Crippen LogP contribution is 2.17. The summed E-state index contributed by atoms with van der Waals surface area (Å²) < 4.78 is 0. The minimum absolute atomic E-state index is 0.260. The molecule has 17 heavy (non-hydrogen) atoms. The minimum atomic E-state index is 0.260. The van der Waals surface area contributed by atoms with Crippen molar-refractivity contribution in [2.45, 2.75) is 33.1 Å². The number of carbonyl (C=O) groups excluding carboxylic acids is 1. The van der Waals surface area contributed by atoms with Gasteiger partial charge in [0.2, 0.25) is 0 Å². The van der Waals surface area contributed by atoms with Gasteiger partial charge in [0.05, 0.1) is 0 Å². The van der Waals surface area contributed by atoms with Crippen LogP contribution < -0.4 is 4.90 Å². The molecule has 1 aromatic rings. The number of carbonyl (C=O) groups is 1. The second-order valence-electron chi connectivity index (χ2n) is 4.96. The van der Waals surface area contributed by atoms with Gasteiger partial charge in [0.25, 0.3) is 0 Å². The fourth-order valence-corrected chi connectivity index (χ4v) is 1.97. The van der Waals surface area contributed by atoms with E-state index in [9.17, 15) is 4.79 Å². The first kappa shape index (κ1) is 13.8. The number of rotatable bonds is 6. The molecule has 0 N–H and O–H groups in total. The normalized spacial score (nSPS) is 12.2. The van der Waals surface area contributed by atoms with Crippen molar-refractivity contribution in [2.75, 3.05) is 19.0 Å². The van der Waals surface area contributed by atoms with Crippen LogP contribution in [0.25, 0.3) is 0 Å². The third-order valence-electron chi connectivity index (χ3n) is 3.02. The second-order valence-corrected chi connectivity index (χ2v) is 4.96. The Balaban J connectivity index is 2.63. The van der Waals surface area contributed by atoms with E-state index in [1.165, 1.54) is 0 Å². The van der Waals surface area contributed by atoms with E-state index in [0.717, 1.165) is 24.1 Å². The van der Waals surface area contributed by atoms with Crippen molar-refractivity contribution in [3.05, 3.63) is 29.8 Å². The van der Waals surface area contributed by atoms with E-state index >= 15 is 0 Å². The van der Waals surface area contributed by atoms with Crippen LogP contribution in [0.3, 0.4) is 0 Å². The smallest absolute Gasteiger partial charge is 0.163 e. The Bertz CT molecular complexity index is 354. The van der Waals surface area contributed by atoms with Gasteiger partial charge in [0.15, 0.2) is 5.78 Å². The molecule has 1 unspecified atom stereocenters.